The fraction of sp³-hybridized carbons (Fsp3) is 0.826. The molecule has 8 nitrogen and oxygen atoms in total. The largest absolute Gasteiger partial charge is 0.469 e. The van der Waals surface area contributed by atoms with Gasteiger partial charge in [0.1, 0.15) is 6.61 Å². The first-order valence-corrected chi connectivity index (χ1v) is 24.3. The minimum Gasteiger partial charge on any atom is -0.462 e. The van der Waals surface area contributed by atoms with E-state index in [1.807, 2.05) is 0 Å². The van der Waals surface area contributed by atoms with Gasteiger partial charge in [0.05, 0.1) is 6.61 Å². The highest BCUT2D eigenvalue weighted by atomic mass is 31.2. The number of hydrogen-bond acceptors (Lipinski definition) is 6. The van der Waals surface area contributed by atoms with Gasteiger partial charge < -0.3 is 19.3 Å². The molecule has 322 valence electrons. The second-order valence-electron chi connectivity index (χ2n) is 15.4. The van der Waals surface area contributed by atoms with Gasteiger partial charge in [0.15, 0.2) is 6.10 Å². The predicted octanol–water partition coefficient (Wildman–Crippen LogP) is 14.1. The number of phosphoric ester groups is 1. The molecule has 0 bridgehead atoms. The van der Waals surface area contributed by atoms with Crippen LogP contribution >= 0.6 is 7.82 Å². The number of carbonyl (C=O) groups excluding carboxylic acids is 2. The van der Waals surface area contributed by atoms with Crippen LogP contribution in [0.25, 0.3) is 0 Å². The van der Waals surface area contributed by atoms with Gasteiger partial charge >= 0.3 is 19.8 Å². The molecule has 0 aromatic rings. The zero-order chi connectivity index (χ0) is 40.3. The Balaban J connectivity index is 3.85. The first-order valence-electron chi connectivity index (χ1n) is 22.8. The Bertz CT molecular complexity index is 988. The van der Waals surface area contributed by atoms with E-state index in [1.165, 1.54) is 128 Å². The number of rotatable bonds is 42. The minimum absolute atomic E-state index is 0.209. The highest BCUT2D eigenvalue weighted by Crippen LogP contribution is 2.36. The van der Waals surface area contributed by atoms with E-state index in [-0.39, 0.29) is 19.4 Å². The van der Waals surface area contributed by atoms with E-state index in [0.717, 1.165) is 57.8 Å². The van der Waals surface area contributed by atoms with Crippen LogP contribution in [-0.4, -0.2) is 41.0 Å². The van der Waals surface area contributed by atoms with Gasteiger partial charge in [-0.2, -0.15) is 0 Å². The molecular weight excluding hydrogens is 711 g/mol. The lowest BCUT2D eigenvalue weighted by atomic mass is 10.0. The summed E-state index contributed by atoms with van der Waals surface area (Å²) in [6, 6.07) is 0. The van der Waals surface area contributed by atoms with Crippen molar-refractivity contribution in [3.8, 4) is 0 Å². The zero-order valence-corrected chi connectivity index (χ0v) is 36.5. The summed E-state index contributed by atoms with van der Waals surface area (Å²) in [7, 11) is -4.76. The van der Waals surface area contributed by atoms with Crippen LogP contribution in [0.2, 0.25) is 0 Å². The standard InChI is InChI=1S/C46H85O8P/c1-3-5-7-9-11-13-15-17-19-20-21-22-23-24-25-26-27-29-31-33-35-37-39-41-46(48)54-44(43-53-55(49,50)51)42-52-45(47)40-38-36-34-32-30-28-18-16-14-12-10-8-6-4-2/h15-18,20-21,44H,3-14,19,22-43H2,1-2H3,(H2,49,50,51)/b17-15-,18-16-,21-20-. The van der Waals surface area contributed by atoms with E-state index in [4.69, 9.17) is 19.3 Å². The SMILES string of the molecule is CCCCCCC/C=C\C/C=C\CCCCCCCCCCCCCC(=O)OC(COC(=O)CCCCCCC/C=C\CCCCCCC)COP(=O)(O)O. The lowest BCUT2D eigenvalue weighted by Crippen LogP contribution is -2.29. The average molecular weight is 797 g/mol. The lowest BCUT2D eigenvalue weighted by molar-refractivity contribution is -0.161. The number of ether oxygens (including phenoxy) is 2. The van der Waals surface area contributed by atoms with Gasteiger partial charge in [-0.15, -0.1) is 0 Å². The van der Waals surface area contributed by atoms with Crippen LogP contribution in [0, 0.1) is 0 Å². The van der Waals surface area contributed by atoms with Gasteiger partial charge in [-0.25, -0.2) is 4.57 Å². The molecule has 0 spiro atoms. The second-order valence-corrected chi connectivity index (χ2v) is 16.6. The van der Waals surface area contributed by atoms with Crippen molar-refractivity contribution in [3.63, 3.8) is 0 Å². The highest BCUT2D eigenvalue weighted by Gasteiger charge is 2.22. The minimum atomic E-state index is -4.76. The Hall–Kier alpha value is -1.73. The molecule has 0 rings (SSSR count). The molecule has 0 aromatic heterocycles. The molecule has 0 heterocycles. The fourth-order valence-electron chi connectivity index (χ4n) is 6.46. The van der Waals surface area contributed by atoms with Crippen LogP contribution in [0.5, 0.6) is 0 Å². The summed E-state index contributed by atoms with van der Waals surface area (Å²) in [5.74, 6) is -0.891. The number of carbonyl (C=O) groups is 2. The molecule has 9 heteroatoms. The highest BCUT2D eigenvalue weighted by molar-refractivity contribution is 7.46. The zero-order valence-electron chi connectivity index (χ0n) is 35.6. The van der Waals surface area contributed by atoms with Gasteiger partial charge in [-0.05, 0) is 70.6 Å². The molecule has 2 N–H and O–H groups in total. The van der Waals surface area contributed by atoms with Gasteiger partial charge in [-0.3, -0.25) is 14.1 Å². The number of unbranched alkanes of at least 4 members (excludes halogenated alkanes) is 26. The average Bonchev–Trinajstić information content (AvgIpc) is 3.16. The molecule has 0 aliphatic heterocycles. The first-order chi connectivity index (χ1) is 26.8. The molecule has 0 radical (unpaired) electrons. The van der Waals surface area contributed by atoms with Crippen molar-refractivity contribution >= 4 is 19.8 Å². The molecule has 1 atom stereocenters. The third-order valence-electron chi connectivity index (χ3n) is 9.88. The summed E-state index contributed by atoms with van der Waals surface area (Å²) in [6.07, 6.45) is 50.1. The van der Waals surface area contributed by atoms with Crippen molar-refractivity contribution < 1.29 is 37.9 Å². The molecule has 0 aliphatic carbocycles. The number of esters is 2. The summed E-state index contributed by atoms with van der Waals surface area (Å²) in [4.78, 5) is 42.9. The van der Waals surface area contributed by atoms with Crippen LogP contribution in [-0.2, 0) is 28.2 Å². The van der Waals surface area contributed by atoms with Gasteiger partial charge in [0, 0.05) is 12.8 Å². The first kappa shape index (κ1) is 53.3. The summed E-state index contributed by atoms with van der Waals surface area (Å²) in [5, 5.41) is 0. The molecule has 0 aromatic carbocycles. The van der Waals surface area contributed by atoms with Gasteiger partial charge in [-0.1, -0.05) is 179 Å². The monoisotopic (exact) mass is 797 g/mol. The van der Waals surface area contributed by atoms with Crippen molar-refractivity contribution in [2.45, 2.75) is 232 Å². The fourth-order valence-corrected chi connectivity index (χ4v) is 6.82. The molecule has 0 amide bonds. The maximum absolute atomic E-state index is 12.4. The Labute approximate surface area is 338 Å². The van der Waals surface area contributed by atoms with Crippen molar-refractivity contribution in [3.05, 3.63) is 36.5 Å². The number of hydrogen-bond donors (Lipinski definition) is 2. The van der Waals surface area contributed by atoms with E-state index in [9.17, 15) is 14.2 Å². The van der Waals surface area contributed by atoms with Gasteiger partial charge in [0.25, 0.3) is 0 Å². The third kappa shape index (κ3) is 44.8. The molecule has 55 heavy (non-hydrogen) atoms. The predicted molar refractivity (Wildman–Crippen MR) is 230 cm³/mol. The van der Waals surface area contributed by atoms with Crippen LogP contribution in [0.1, 0.15) is 226 Å². The summed E-state index contributed by atoms with van der Waals surface area (Å²) >= 11 is 0. The smallest absolute Gasteiger partial charge is 0.462 e. The Morgan fingerprint density at radius 3 is 1.22 bits per heavy atom. The molecule has 0 saturated heterocycles. The van der Waals surface area contributed by atoms with Crippen LogP contribution in [0.4, 0.5) is 0 Å². The summed E-state index contributed by atoms with van der Waals surface area (Å²) < 4.78 is 26.4. The van der Waals surface area contributed by atoms with Gasteiger partial charge in [0.2, 0.25) is 0 Å². The third-order valence-corrected chi connectivity index (χ3v) is 10.4. The topological polar surface area (TPSA) is 119 Å². The Morgan fingerprint density at radius 1 is 0.473 bits per heavy atom. The summed E-state index contributed by atoms with van der Waals surface area (Å²) in [5.41, 5.74) is 0. The van der Waals surface area contributed by atoms with E-state index in [2.05, 4.69) is 54.8 Å². The molecule has 0 saturated carbocycles. The molecule has 0 aliphatic rings. The van der Waals surface area contributed by atoms with Crippen molar-refractivity contribution in [1.82, 2.24) is 0 Å². The quantitative estimate of drug-likeness (QED) is 0.0271. The normalized spacial score (nSPS) is 12.7. The van der Waals surface area contributed by atoms with E-state index in [0.29, 0.717) is 12.8 Å². The van der Waals surface area contributed by atoms with E-state index < -0.39 is 32.5 Å². The van der Waals surface area contributed by atoms with Crippen molar-refractivity contribution in [2.24, 2.45) is 0 Å². The van der Waals surface area contributed by atoms with Crippen LogP contribution < -0.4 is 0 Å². The number of allylic oxidation sites excluding steroid dienone is 6. The Morgan fingerprint density at radius 2 is 0.818 bits per heavy atom. The van der Waals surface area contributed by atoms with E-state index in [1.54, 1.807) is 0 Å². The lowest BCUT2D eigenvalue weighted by Gasteiger charge is -2.18. The summed E-state index contributed by atoms with van der Waals surface area (Å²) in [6.45, 7) is 3.67. The van der Waals surface area contributed by atoms with Crippen LogP contribution in [0.15, 0.2) is 36.5 Å². The van der Waals surface area contributed by atoms with Crippen molar-refractivity contribution in [1.29, 1.82) is 0 Å². The molecular formula is C46H85O8P. The second kappa shape index (κ2) is 41.9. The van der Waals surface area contributed by atoms with E-state index >= 15 is 0 Å². The molecule has 0 fully saturated rings. The van der Waals surface area contributed by atoms with Crippen LogP contribution in [0.3, 0.4) is 0 Å². The van der Waals surface area contributed by atoms with Crippen molar-refractivity contribution in [2.75, 3.05) is 13.2 Å². The maximum Gasteiger partial charge on any atom is 0.469 e. The maximum atomic E-state index is 12.4. The molecule has 1 unspecified atom stereocenters. The number of phosphoric acid groups is 1. The Kier molecular flexibility index (Phi) is 40.6.